The first-order valence-electron chi connectivity index (χ1n) is 6.08. The van der Waals surface area contributed by atoms with Crippen LogP contribution in [0.4, 0.5) is 5.69 Å². The van der Waals surface area contributed by atoms with Gasteiger partial charge in [0.2, 0.25) is 5.91 Å². The molecule has 1 rings (SSSR count). The third-order valence-electron chi connectivity index (χ3n) is 2.67. The second-order valence-electron chi connectivity index (χ2n) is 4.55. The van der Waals surface area contributed by atoms with Crippen LogP contribution < -0.4 is 5.32 Å². The van der Waals surface area contributed by atoms with E-state index >= 15 is 0 Å². The van der Waals surface area contributed by atoms with Gasteiger partial charge in [0.1, 0.15) is 5.76 Å². The normalized spacial score (nSPS) is 11.2. The van der Waals surface area contributed by atoms with Gasteiger partial charge in [0.05, 0.1) is 10.7 Å². The number of anilines is 1. The zero-order valence-electron chi connectivity index (χ0n) is 11.8. The van der Waals surface area contributed by atoms with Crippen LogP contribution >= 0.6 is 34.2 Å². The number of aliphatic hydroxyl groups excluding tert-OH is 1. The first-order valence-corrected chi connectivity index (χ1v) is 7.53. The van der Waals surface area contributed by atoms with Crippen molar-refractivity contribution in [2.45, 2.75) is 27.7 Å². The van der Waals surface area contributed by atoms with Crippen LogP contribution in [0.2, 0.25) is 5.02 Å². The molecule has 0 aliphatic heterocycles. The highest BCUT2D eigenvalue weighted by molar-refractivity contribution is 14.1. The van der Waals surface area contributed by atoms with Crippen molar-refractivity contribution in [2.24, 2.45) is 0 Å². The Morgan fingerprint density at radius 3 is 2.35 bits per heavy atom. The maximum atomic E-state index is 11.2. The van der Waals surface area contributed by atoms with Gasteiger partial charge in [-0.1, -0.05) is 17.7 Å². The monoisotopic (exact) mass is 405 g/mol. The van der Waals surface area contributed by atoms with E-state index in [1.807, 2.05) is 32.9 Å². The summed E-state index contributed by atoms with van der Waals surface area (Å²) < 4.78 is 0.821. The largest absolute Gasteiger partial charge is 0.507 e. The lowest BCUT2D eigenvalue weighted by Gasteiger charge is -2.13. The van der Waals surface area contributed by atoms with E-state index in [1.165, 1.54) is 6.92 Å². The van der Waals surface area contributed by atoms with Crippen LogP contribution in [0.25, 0.3) is 5.57 Å². The minimum absolute atomic E-state index is 0.170. The zero-order valence-corrected chi connectivity index (χ0v) is 14.8. The summed E-state index contributed by atoms with van der Waals surface area (Å²) in [7, 11) is 0. The van der Waals surface area contributed by atoms with Crippen molar-refractivity contribution in [3.05, 3.63) is 43.7 Å². The standard InChI is InChI=1S/C15H17ClINO2/c1-5-11(15(20)8(2)3)10-6-12(16)14(13(17)7-10)18-9(4)19/h5-7,20H,1-4H3,(H,18,19)/b11-5-. The molecule has 0 unspecified atom stereocenters. The fraction of sp³-hybridized carbons (Fsp3) is 0.267. The first-order chi connectivity index (χ1) is 9.27. The Labute approximate surface area is 137 Å². The number of carbonyl (C=O) groups is 1. The highest BCUT2D eigenvalue weighted by atomic mass is 127. The van der Waals surface area contributed by atoms with Gasteiger partial charge in [-0.25, -0.2) is 0 Å². The van der Waals surface area contributed by atoms with E-state index in [4.69, 9.17) is 11.6 Å². The number of benzene rings is 1. The van der Waals surface area contributed by atoms with Gasteiger partial charge in [0.25, 0.3) is 0 Å². The van der Waals surface area contributed by atoms with E-state index in [-0.39, 0.29) is 11.7 Å². The fourth-order valence-electron chi connectivity index (χ4n) is 1.73. The van der Waals surface area contributed by atoms with E-state index in [9.17, 15) is 9.90 Å². The smallest absolute Gasteiger partial charge is 0.221 e. The van der Waals surface area contributed by atoms with Crippen LogP contribution in [0.5, 0.6) is 0 Å². The molecule has 0 aromatic heterocycles. The third kappa shape index (κ3) is 3.99. The first kappa shape index (κ1) is 17.0. The fourth-order valence-corrected chi connectivity index (χ4v) is 2.92. The van der Waals surface area contributed by atoms with Crippen molar-refractivity contribution in [3.8, 4) is 0 Å². The van der Waals surface area contributed by atoms with Gasteiger partial charge >= 0.3 is 0 Å². The maximum absolute atomic E-state index is 11.2. The van der Waals surface area contributed by atoms with Gasteiger partial charge in [-0.2, -0.15) is 0 Å². The van der Waals surface area contributed by atoms with Crippen LogP contribution in [0, 0.1) is 3.57 Å². The predicted molar refractivity (Wildman–Crippen MR) is 93.1 cm³/mol. The van der Waals surface area contributed by atoms with E-state index in [0.717, 1.165) is 20.3 Å². The Balaban J connectivity index is 3.36. The summed E-state index contributed by atoms with van der Waals surface area (Å²) >= 11 is 8.33. The molecule has 0 heterocycles. The number of hydrogen-bond acceptors (Lipinski definition) is 2. The molecule has 0 saturated heterocycles. The number of nitrogens with one attached hydrogen (secondary N) is 1. The quantitative estimate of drug-likeness (QED) is 0.415. The van der Waals surface area contributed by atoms with Crippen molar-refractivity contribution in [1.29, 1.82) is 0 Å². The van der Waals surface area contributed by atoms with Gasteiger partial charge < -0.3 is 10.4 Å². The summed E-state index contributed by atoms with van der Waals surface area (Å²) in [5.74, 6) is 0.0719. The molecule has 108 valence electrons. The maximum Gasteiger partial charge on any atom is 0.221 e. The summed E-state index contributed by atoms with van der Waals surface area (Å²) in [5.41, 5.74) is 2.96. The molecule has 0 radical (unpaired) electrons. The van der Waals surface area contributed by atoms with E-state index in [1.54, 1.807) is 6.07 Å². The second kappa shape index (κ2) is 7.13. The Kier molecular flexibility index (Phi) is 6.07. The number of amides is 1. The molecule has 1 aromatic rings. The molecule has 1 amide bonds. The van der Waals surface area contributed by atoms with Gasteiger partial charge in [-0.3, -0.25) is 4.79 Å². The van der Waals surface area contributed by atoms with Gasteiger partial charge in [-0.15, -0.1) is 0 Å². The predicted octanol–water partition coefficient (Wildman–Crippen LogP) is 5.16. The Morgan fingerprint density at radius 1 is 1.35 bits per heavy atom. The number of carbonyl (C=O) groups excluding carboxylic acids is 1. The number of allylic oxidation sites excluding steroid dienone is 3. The number of rotatable bonds is 3. The van der Waals surface area contributed by atoms with Crippen molar-refractivity contribution in [2.75, 3.05) is 5.32 Å². The van der Waals surface area contributed by atoms with Crippen molar-refractivity contribution in [1.82, 2.24) is 0 Å². The van der Waals surface area contributed by atoms with E-state index < -0.39 is 0 Å². The molecule has 3 nitrogen and oxygen atoms in total. The van der Waals surface area contributed by atoms with Crippen LogP contribution in [0.3, 0.4) is 0 Å². The Bertz CT molecular complexity index is 579. The molecular weight excluding hydrogens is 389 g/mol. The molecule has 0 aliphatic rings. The lowest BCUT2D eigenvalue weighted by molar-refractivity contribution is -0.114. The Morgan fingerprint density at radius 2 is 1.95 bits per heavy atom. The van der Waals surface area contributed by atoms with Crippen LogP contribution in [-0.4, -0.2) is 11.0 Å². The van der Waals surface area contributed by atoms with Gasteiger partial charge in [0.15, 0.2) is 0 Å². The third-order valence-corrected chi connectivity index (χ3v) is 3.82. The minimum atomic E-state index is -0.170. The van der Waals surface area contributed by atoms with Gasteiger partial charge in [0, 0.05) is 16.1 Å². The summed E-state index contributed by atoms with van der Waals surface area (Å²) in [5, 5.41) is 13.3. The zero-order chi connectivity index (χ0) is 15.4. The molecule has 1 aromatic carbocycles. The molecule has 5 heteroatoms. The van der Waals surface area contributed by atoms with E-state index in [0.29, 0.717) is 10.7 Å². The highest BCUT2D eigenvalue weighted by Gasteiger charge is 2.13. The van der Waals surface area contributed by atoms with Crippen molar-refractivity contribution in [3.63, 3.8) is 0 Å². The Hall–Kier alpha value is -1.01. The molecular formula is C15H17ClINO2. The molecule has 0 fully saturated rings. The van der Waals surface area contributed by atoms with Crippen LogP contribution in [-0.2, 0) is 4.79 Å². The second-order valence-corrected chi connectivity index (χ2v) is 6.12. The van der Waals surface area contributed by atoms with Crippen LogP contribution in [0.15, 0.2) is 29.5 Å². The average Bonchev–Trinajstić information content (AvgIpc) is 2.34. The number of aliphatic hydroxyl groups is 1. The average molecular weight is 406 g/mol. The number of halogens is 2. The van der Waals surface area contributed by atoms with Gasteiger partial charge in [-0.05, 0) is 66.6 Å². The SMILES string of the molecule is C/C=C(\C(O)=C(C)C)c1cc(Cl)c(NC(C)=O)c(I)c1. The summed E-state index contributed by atoms with van der Waals surface area (Å²) in [6.45, 7) is 6.98. The lowest BCUT2D eigenvalue weighted by atomic mass is 10.0. The van der Waals surface area contributed by atoms with Crippen molar-refractivity contribution >= 4 is 51.4 Å². The van der Waals surface area contributed by atoms with E-state index in [2.05, 4.69) is 27.9 Å². The molecule has 0 aliphatic carbocycles. The molecule has 2 N–H and O–H groups in total. The lowest BCUT2D eigenvalue weighted by Crippen LogP contribution is -2.08. The summed E-state index contributed by atoms with van der Waals surface area (Å²) in [6, 6.07) is 3.62. The molecule has 0 spiro atoms. The highest BCUT2D eigenvalue weighted by Crippen LogP contribution is 2.34. The number of hydrogen-bond donors (Lipinski definition) is 2. The topological polar surface area (TPSA) is 49.3 Å². The molecule has 0 bridgehead atoms. The summed E-state index contributed by atoms with van der Waals surface area (Å²) in [4.78, 5) is 11.2. The molecule has 0 saturated carbocycles. The summed E-state index contributed by atoms with van der Waals surface area (Å²) in [6.07, 6.45) is 1.84. The molecule has 20 heavy (non-hydrogen) atoms. The van der Waals surface area contributed by atoms with Crippen molar-refractivity contribution < 1.29 is 9.90 Å². The van der Waals surface area contributed by atoms with Crippen LogP contribution in [0.1, 0.15) is 33.3 Å². The minimum Gasteiger partial charge on any atom is -0.507 e. The molecule has 0 atom stereocenters.